The third kappa shape index (κ3) is 2.44. The first-order chi connectivity index (χ1) is 7.15. The molecule has 0 saturated heterocycles. The van der Waals surface area contributed by atoms with Gasteiger partial charge in [-0.05, 0) is 31.0 Å². The first-order valence-electron chi connectivity index (χ1n) is 4.99. The van der Waals surface area contributed by atoms with E-state index in [2.05, 4.69) is 0 Å². The summed E-state index contributed by atoms with van der Waals surface area (Å²) in [5.74, 6) is 0. The van der Waals surface area contributed by atoms with Crippen molar-refractivity contribution in [2.24, 2.45) is 5.73 Å². The average molecular weight is 262 g/mol. The molecule has 0 radical (unpaired) electrons. The molecule has 82 valence electrons. The van der Waals surface area contributed by atoms with Crippen molar-refractivity contribution in [1.82, 2.24) is 0 Å². The fourth-order valence-corrected chi connectivity index (χ4v) is 3.46. The van der Waals surface area contributed by atoms with Crippen molar-refractivity contribution in [3.63, 3.8) is 0 Å². The van der Waals surface area contributed by atoms with E-state index in [0.29, 0.717) is 10.0 Å². The largest absolute Gasteiger partial charge is 0.329 e. The summed E-state index contributed by atoms with van der Waals surface area (Å²) in [7, 11) is 0. The van der Waals surface area contributed by atoms with Gasteiger partial charge in [-0.3, -0.25) is 0 Å². The standard InChI is InChI=1S/C11H13Cl2NS/c12-9-3-2-8(6-10(9)13)15-11(7-14)4-1-5-11/h2-3,6H,1,4-5,7,14H2. The van der Waals surface area contributed by atoms with Gasteiger partial charge in [0.05, 0.1) is 10.0 Å². The summed E-state index contributed by atoms with van der Waals surface area (Å²) >= 11 is 13.7. The minimum atomic E-state index is 0.247. The smallest absolute Gasteiger partial charge is 0.0603 e. The maximum absolute atomic E-state index is 5.97. The van der Waals surface area contributed by atoms with Gasteiger partial charge in [-0.15, -0.1) is 11.8 Å². The lowest BCUT2D eigenvalue weighted by molar-refractivity contribution is 0.371. The molecule has 1 aromatic rings. The van der Waals surface area contributed by atoms with Crippen LogP contribution in [0.15, 0.2) is 23.1 Å². The Morgan fingerprint density at radius 1 is 1.27 bits per heavy atom. The summed E-state index contributed by atoms with van der Waals surface area (Å²) < 4.78 is 0.247. The number of rotatable bonds is 3. The molecule has 1 fully saturated rings. The van der Waals surface area contributed by atoms with Gasteiger partial charge in [0.25, 0.3) is 0 Å². The predicted molar refractivity (Wildman–Crippen MR) is 68.0 cm³/mol. The Morgan fingerprint density at radius 3 is 2.47 bits per heavy atom. The van der Waals surface area contributed by atoms with Gasteiger partial charge in [0.15, 0.2) is 0 Å². The summed E-state index contributed by atoms with van der Waals surface area (Å²) in [6.07, 6.45) is 3.69. The minimum Gasteiger partial charge on any atom is -0.329 e. The van der Waals surface area contributed by atoms with Crippen LogP contribution in [-0.4, -0.2) is 11.3 Å². The molecule has 0 unspecified atom stereocenters. The Morgan fingerprint density at radius 2 is 2.00 bits per heavy atom. The van der Waals surface area contributed by atoms with Crippen LogP contribution in [0.2, 0.25) is 10.0 Å². The van der Waals surface area contributed by atoms with Gasteiger partial charge < -0.3 is 5.73 Å². The van der Waals surface area contributed by atoms with Gasteiger partial charge in [0.1, 0.15) is 0 Å². The second-order valence-corrected chi connectivity index (χ2v) is 6.27. The lowest BCUT2D eigenvalue weighted by atomic mass is 9.84. The van der Waals surface area contributed by atoms with Crippen LogP contribution in [0.25, 0.3) is 0 Å². The molecule has 0 amide bonds. The molecule has 1 aromatic carbocycles. The number of thioether (sulfide) groups is 1. The zero-order valence-corrected chi connectivity index (χ0v) is 10.6. The van der Waals surface area contributed by atoms with E-state index in [-0.39, 0.29) is 4.75 Å². The summed E-state index contributed by atoms with van der Waals surface area (Å²) in [5, 5.41) is 1.23. The van der Waals surface area contributed by atoms with E-state index in [1.54, 1.807) is 0 Å². The summed E-state index contributed by atoms with van der Waals surface area (Å²) in [4.78, 5) is 1.16. The number of nitrogens with two attached hydrogens (primary N) is 1. The third-order valence-corrected chi connectivity index (χ3v) is 5.10. The van der Waals surface area contributed by atoms with E-state index >= 15 is 0 Å². The molecular formula is C11H13Cl2NS. The molecule has 0 aromatic heterocycles. The lowest BCUT2D eigenvalue weighted by Crippen LogP contribution is -2.40. The SMILES string of the molecule is NCC1(Sc2ccc(Cl)c(Cl)c2)CCC1. The molecule has 1 aliphatic carbocycles. The zero-order chi connectivity index (χ0) is 10.9. The second kappa shape index (κ2) is 4.54. The van der Waals surface area contributed by atoms with Crippen molar-refractivity contribution >= 4 is 35.0 Å². The van der Waals surface area contributed by atoms with Crippen molar-refractivity contribution in [3.8, 4) is 0 Å². The van der Waals surface area contributed by atoms with Crippen LogP contribution in [0.3, 0.4) is 0 Å². The summed E-state index contributed by atoms with van der Waals surface area (Å²) in [5.41, 5.74) is 5.80. The lowest BCUT2D eigenvalue weighted by Gasteiger charge is -2.40. The molecule has 0 spiro atoms. The fourth-order valence-electron chi connectivity index (χ4n) is 1.71. The number of benzene rings is 1. The molecular weight excluding hydrogens is 249 g/mol. The molecule has 0 atom stereocenters. The topological polar surface area (TPSA) is 26.0 Å². The van der Waals surface area contributed by atoms with Crippen LogP contribution in [-0.2, 0) is 0 Å². The highest BCUT2D eigenvalue weighted by Crippen LogP contribution is 2.47. The van der Waals surface area contributed by atoms with Crippen LogP contribution in [0.4, 0.5) is 0 Å². The van der Waals surface area contributed by atoms with Gasteiger partial charge in [0.2, 0.25) is 0 Å². The van der Waals surface area contributed by atoms with Gasteiger partial charge in [-0.25, -0.2) is 0 Å². The average Bonchev–Trinajstić information content (AvgIpc) is 2.17. The van der Waals surface area contributed by atoms with Crippen molar-refractivity contribution in [3.05, 3.63) is 28.2 Å². The maximum atomic E-state index is 5.97. The first-order valence-corrected chi connectivity index (χ1v) is 6.57. The highest BCUT2D eigenvalue weighted by atomic mass is 35.5. The molecule has 0 heterocycles. The highest BCUT2D eigenvalue weighted by molar-refractivity contribution is 8.00. The molecule has 4 heteroatoms. The van der Waals surface area contributed by atoms with Crippen LogP contribution in [0, 0.1) is 0 Å². The molecule has 2 rings (SSSR count). The summed E-state index contributed by atoms with van der Waals surface area (Å²) in [6.45, 7) is 0.734. The van der Waals surface area contributed by atoms with Crippen molar-refractivity contribution in [2.75, 3.05) is 6.54 Å². The highest BCUT2D eigenvalue weighted by Gasteiger charge is 2.36. The van der Waals surface area contributed by atoms with Crippen LogP contribution in [0.5, 0.6) is 0 Å². The molecule has 2 N–H and O–H groups in total. The van der Waals surface area contributed by atoms with Crippen molar-refractivity contribution < 1.29 is 0 Å². The molecule has 15 heavy (non-hydrogen) atoms. The van der Waals surface area contributed by atoms with Gasteiger partial charge in [0, 0.05) is 16.2 Å². The van der Waals surface area contributed by atoms with Crippen molar-refractivity contribution in [2.45, 2.75) is 28.9 Å². The first kappa shape index (κ1) is 11.6. The Kier molecular flexibility index (Phi) is 3.51. The number of hydrogen-bond acceptors (Lipinski definition) is 2. The predicted octanol–water partition coefficient (Wildman–Crippen LogP) is 3.97. The zero-order valence-electron chi connectivity index (χ0n) is 8.30. The quantitative estimate of drug-likeness (QED) is 0.892. The van der Waals surface area contributed by atoms with E-state index in [4.69, 9.17) is 28.9 Å². The van der Waals surface area contributed by atoms with E-state index in [0.717, 1.165) is 11.4 Å². The maximum Gasteiger partial charge on any atom is 0.0603 e. The third-order valence-electron chi connectivity index (χ3n) is 2.86. The molecule has 0 bridgehead atoms. The Hall–Kier alpha value is 0.110. The van der Waals surface area contributed by atoms with Gasteiger partial charge >= 0.3 is 0 Å². The minimum absolute atomic E-state index is 0.247. The van der Waals surface area contributed by atoms with E-state index in [9.17, 15) is 0 Å². The van der Waals surface area contributed by atoms with Crippen LogP contribution < -0.4 is 5.73 Å². The molecule has 0 aliphatic heterocycles. The van der Waals surface area contributed by atoms with E-state index in [1.165, 1.54) is 19.3 Å². The molecule has 1 nitrogen and oxygen atoms in total. The van der Waals surface area contributed by atoms with Crippen LogP contribution >= 0.6 is 35.0 Å². The van der Waals surface area contributed by atoms with E-state index < -0.39 is 0 Å². The Balaban J connectivity index is 2.13. The Labute approximate surface area is 104 Å². The van der Waals surface area contributed by atoms with Gasteiger partial charge in [-0.2, -0.15) is 0 Å². The van der Waals surface area contributed by atoms with E-state index in [1.807, 2.05) is 30.0 Å². The molecule has 1 saturated carbocycles. The molecule has 1 aliphatic rings. The number of halogens is 2. The fraction of sp³-hybridized carbons (Fsp3) is 0.455. The van der Waals surface area contributed by atoms with Gasteiger partial charge in [-0.1, -0.05) is 29.6 Å². The van der Waals surface area contributed by atoms with Crippen LogP contribution in [0.1, 0.15) is 19.3 Å². The normalized spacial score (nSPS) is 18.6. The number of hydrogen-bond donors (Lipinski definition) is 1. The summed E-state index contributed by atoms with van der Waals surface area (Å²) in [6, 6.07) is 5.77. The second-order valence-electron chi connectivity index (χ2n) is 3.92. The Bertz CT molecular complexity index is 358. The monoisotopic (exact) mass is 261 g/mol. The van der Waals surface area contributed by atoms with Crippen molar-refractivity contribution in [1.29, 1.82) is 0 Å².